The van der Waals surface area contributed by atoms with Crippen LogP contribution in [0.4, 0.5) is 5.69 Å². The third kappa shape index (κ3) is 2.85. The average Bonchev–Trinajstić information content (AvgIpc) is 2.98. The highest BCUT2D eigenvalue weighted by Crippen LogP contribution is 2.42. The third-order valence-electron chi connectivity index (χ3n) is 5.34. The first-order valence-corrected chi connectivity index (χ1v) is 9.38. The summed E-state index contributed by atoms with van der Waals surface area (Å²) >= 11 is 1.94. The molecule has 0 amide bonds. The fourth-order valence-electron chi connectivity index (χ4n) is 4.01. The van der Waals surface area contributed by atoms with E-state index in [1.54, 1.807) is 5.56 Å². The lowest BCUT2D eigenvalue weighted by Gasteiger charge is -2.38. The number of aliphatic imine (C=N–C) groups is 1. The quantitative estimate of drug-likeness (QED) is 0.817. The number of amidine groups is 1. The Labute approximate surface area is 131 Å². The molecule has 1 fully saturated rings. The summed E-state index contributed by atoms with van der Waals surface area (Å²) in [7, 11) is 0. The zero-order chi connectivity index (χ0) is 14.1. The molecule has 0 aromatic heterocycles. The standard InChI is InChI=1S/C18H24N2S/c1-2-9-18(10-3-1)12-19-17(21-13-18)20-16-8-7-14-5-4-6-15(14)11-16/h7-8,11H,1-6,9-10,12-13H2,(H,19,20). The van der Waals surface area contributed by atoms with Crippen molar-refractivity contribution < 1.29 is 0 Å². The van der Waals surface area contributed by atoms with E-state index in [4.69, 9.17) is 4.99 Å². The number of hydrogen-bond acceptors (Lipinski definition) is 3. The fourth-order valence-corrected chi connectivity index (χ4v) is 5.17. The van der Waals surface area contributed by atoms with Crippen LogP contribution in [-0.2, 0) is 12.8 Å². The minimum atomic E-state index is 0.520. The monoisotopic (exact) mass is 300 g/mol. The van der Waals surface area contributed by atoms with Gasteiger partial charge in [-0.15, -0.1) is 0 Å². The van der Waals surface area contributed by atoms with Crippen molar-refractivity contribution in [2.75, 3.05) is 17.6 Å². The Morgan fingerprint density at radius 1 is 1.00 bits per heavy atom. The topological polar surface area (TPSA) is 24.4 Å². The van der Waals surface area contributed by atoms with Crippen LogP contribution >= 0.6 is 11.8 Å². The Balaban J connectivity index is 1.44. The molecule has 1 N–H and O–H groups in total. The van der Waals surface area contributed by atoms with Gasteiger partial charge in [-0.1, -0.05) is 37.1 Å². The average molecular weight is 300 g/mol. The lowest BCUT2D eigenvalue weighted by atomic mass is 9.75. The summed E-state index contributed by atoms with van der Waals surface area (Å²) in [4.78, 5) is 4.86. The summed E-state index contributed by atoms with van der Waals surface area (Å²) in [5, 5.41) is 4.67. The summed E-state index contributed by atoms with van der Waals surface area (Å²) in [5.41, 5.74) is 4.82. The second kappa shape index (κ2) is 5.68. The Morgan fingerprint density at radius 2 is 1.86 bits per heavy atom. The minimum Gasteiger partial charge on any atom is -0.335 e. The molecular formula is C18H24N2S. The largest absolute Gasteiger partial charge is 0.335 e. The maximum absolute atomic E-state index is 4.86. The van der Waals surface area contributed by atoms with E-state index in [1.165, 1.54) is 68.4 Å². The van der Waals surface area contributed by atoms with Crippen LogP contribution in [0.1, 0.15) is 49.7 Å². The molecule has 4 rings (SSSR count). The predicted octanol–water partition coefficient (Wildman–Crippen LogP) is 4.64. The van der Waals surface area contributed by atoms with Crippen LogP contribution in [0.5, 0.6) is 0 Å². The lowest BCUT2D eigenvalue weighted by molar-refractivity contribution is 0.232. The number of nitrogens with zero attached hydrogens (tertiary/aromatic N) is 1. The Bertz CT molecular complexity index is 558. The van der Waals surface area contributed by atoms with Gasteiger partial charge in [-0.3, -0.25) is 4.99 Å². The Hall–Kier alpha value is -0.960. The second-order valence-corrected chi connectivity index (χ2v) is 7.90. The molecule has 1 aromatic rings. The Kier molecular flexibility index (Phi) is 3.70. The van der Waals surface area contributed by atoms with Crippen molar-refractivity contribution >= 4 is 22.6 Å². The first-order valence-electron chi connectivity index (χ1n) is 8.39. The van der Waals surface area contributed by atoms with Gasteiger partial charge in [0.1, 0.15) is 0 Å². The lowest BCUT2D eigenvalue weighted by Crippen LogP contribution is -2.35. The van der Waals surface area contributed by atoms with Gasteiger partial charge in [-0.05, 0) is 60.8 Å². The van der Waals surface area contributed by atoms with Crippen LogP contribution in [-0.4, -0.2) is 17.5 Å². The zero-order valence-electron chi connectivity index (χ0n) is 12.7. The SMILES string of the molecule is c1cc2c(cc1NC1=NCC3(CCCCC3)CS1)CCC2. The summed E-state index contributed by atoms with van der Waals surface area (Å²) in [5.74, 6) is 1.25. The van der Waals surface area contributed by atoms with Crippen LogP contribution in [0, 0.1) is 5.41 Å². The zero-order valence-corrected chi connectivity index (χ0v) is 13.5. The molecule has 1 aliphatic heterocycles. The van der Waals surface area contributed by atoms with E-state index < -0.39 is 0 Å². The highest BCUT2D eigenvalue weighted by Gasteiger charge is 2.34. The van der Waals surface area contributed by atoms with Gasteiger partial charge in [0.2, 0.25) is 0 Å². The number of nitrogens with one attached hydrogen (secondary N) is 1. The summed E-state index contributed by atoms with van der Waals surface area (Å²) in [6.45, 7) is 1.03. The van der Waals surface area contributed by atoms with E-state index in [0.717, 1.165) is 11.7 Å². The van der Waals surface area contributed by atoms with Gasteiger partial charge in [0, 0.05) is 18.0 Å². The van der Waals surface area contributed by atoms with Crippen molar-refractivity contribution in [1.29, 1.82) is 0 Å². The molecule has 0 unspecified atom stereocenters. The molecule has 0 bridgehead atoms. The minimum absolute atomic E-state index is 0.520. The molecule has 21 heavy (non-hydrogen) atoms. The number of fused-ring (bicyclic) bond motifs is 1. The van der Waals surface area contributed by atoms with Crippen molar-refractivity contribution in [3.63, 3.8) is 0 Å². The number of benzene rings is 1. The van der Waals surface area contributed by atoms with Gasteiger partial charge in [0.05, 0.1) is 0 Å². The Morgan fingerprint density at radius 3 is 2.67 bits per heavy atom. The molecule has 0 atom stereocenters. The van der Waals surface area contributed by atoms with Gasteiger partial charge < -0.3 is 5.32 Å². The molecule has 1 heterocycles. The van der Waals surface area contributed by atoms with E-state index in [0.29, 0.717) is 5.41 Å². The highest BCUT2D eigenvalue weighted by molar-refractivity contribution is 8.14. The molecule has 0 radical (unpaired) electrons. The van der Waals surface area contributed by atoms with Gasteiger partial charge in [-0.25, -0.2) is 0 Å². The van der Waals surface area contributed by atoms with Crippen molar-refractivity contribution in [1.82, 2.24) is 0 Å². The number of hydrogen-bond donors (Lipinski definition) is 1. The molecule has 3 aliphatic rings. The van der Waals surface area contributed by atoms with Crippen LogP contribution in [0.2, 0.25) is 0 Å². The first kappa shape index (κ1) is 13.7. The molecule has 1 saturated carbocycles. The van der Waals surface area contributed by atoms with E-state index >= 15 is 0 Å². The number of thioether (sulfide) groups is 1. The summed E-state index contributed by atoms with van der Waals surface area (Å²) in [6, 6.07) is 6.84. The molecule has 3 heteroatoms. The van der Waals surface area contributed by atoms with Crippen LogP contribution < -0.4 is 5.32 Å². The highest BCUT2D eigenvalue weighted by atomic mass is 32.2. The normalized spacial score (nSPS) is 23.7. The summed E-state index contributed by atoms with van der Waals surface area (Å²) < 4.78 is 0. The molecular weight excluding hydrogens is 276 g/mol. The van der Waals surface area contributed by atoms with Crippen LogP contribution in [0.15, 0.2) is 23.2 Å². The molecule has 2 aliphatic carbocycles. The van der Waals surface area contributed by atoms with Crippen LogP contribution in [0.3, 0.4) is 0 Å². The molecule has 1 spiro atoms. The van der Waals surface area contributed by atoms with Crippen molar-refractivity contribution in [2.24, 2.45) is 10.4 Å². The van der Waals surface area contributed by atoms with E-state index in [1.807, 2.05) is 11.8 Å². The maximum Gasteiger partial charge on any atom is 0.161 e. The molecule has 0 saturated heterocycles. The number of aryl methyl sites for hydroxylation is 2. The smallest absolute Gasteiger partial charge is 0.161 e. The van der Waals surface area contributed by atoms with E-state index in [2.05, 4.69) is 23.5 Å². The van der Waals surface area contributed by atoms with Gasteiger partial charge in [0.15, 0.2) is 5.17 Å². The number of anilines is 1. The third-order valence-corrected chi connectivity index (χ3v) is 6.60. The van der Waals surface area contributed by atoms with Gasteiger partial charge >= 0.3 is 0 Å². The van der Waals surface area contributed by atoms with Crippen molar-refractivity contribution in [2.45, 2.75) is 51.4 Å². The fraction of sp³-hybridized carbons (Fsp3) is 0.611. The molecule has 112 valence electrons. The molecule has 1 aromatic carbocycles. The second-order valence-electron chi connectivity index (χ2n) is 6.93. The van der Waals surface area contributed by atoms with Crippen molar-refractivity contribution in [3.8, 4) is 0 Å². The molecule has 2 nitrogen and oxygen atoms in total. The van der Waals surface area contributed by atoms with Crippen molar-refractivity contribution in [3.05, 3.63) is 29.3 Å². The number of rotatable bonds is 1. The van der Waals surface area contributed by atoms with E-state index in [-0.39, 0.29) is 0 Å². The van der Waals surface area contributed by atoms with Crippen LogP contribution in [0.25, 0.3) is 0 Å². The summed E-state index contributed by atoms with van der Waals surface area (Å²) in [6.07, 6.45) is 10.8. The predicted molar refractivity (Wildman–Crippen MR) is 92.4 cm³/mol. The van der Waals surface area contributed by atoms with Gasteiger partial charge in [0.25, 0.3) is 0 Å². The van der Waals surface area contributed by atoms with E-state index in [9.17, 15) is 0 Å². The van der Waals surface area contributed by atoms with Gasteiger partial charge in [-0.2, -0.15) is 0 Å². The maximum atomic E-state index is 4.86. The first-order chi connectivity index (χ1) is 10.3.